The number of nitrogens with zero attached hydrogens (tertiary/aromatic N) is 2. The lowest BCUT2D eigenvalue weighted by molar-refractivity contribution is 0.122. The Morgan fingerprint density at radius 1 is 0.875 bits per heavy atom. The fraction of sp³-hybridized carbons (Fsp3) is 0.368. The van der Waals surface area contributed by atoms with Gasteiger partial charge in [0, 0.05) is 43.7 Å². The molecule has 3 nitrogen and oxygen atoms in total. The highest BCUT2D eigenvalue weighted by atomic mass is 79.9. The Kier molecular flexibility index (Phi) is 6.33. The van der Waals surface area contributed by atoms with Crippen molar-refractivity contribution in [3.8, 4) is 5.75 Å². The van der Waals surface area contributed by atoms with Crippen molar-refractivity contribution in [2.24, 2.45) is 0 Å². The van der Waals surface area contributed by atoms with Crippen LogP contribution in [0.15, 0.2) is 51.4 Å². The second-order valence-electron chi connectivity index (χ2n) is 6.11. The number of hydrogen-bond acceptors (Lipinski definition) is 3. The van der Waals surface area contributed by atoms with Gasteiger partial charge >= 0.3 is 0 Å². The Hall–Kier alpha value is -0.880. The lowest BCUT2D eigenvalue weighted by Gasteiger charge is -2.35. The molecule has 2 aromatic rings. The maximum absolute atomic E-state index is 5.30. The second-order valence-corrected chi connectivity index (χ2v) is 7.82. The minimum atomic E-state index is 0.886. The highest BCUT2D eigenvalue weighted by Gasteiger charge is 2.18. The van der Waals surface area contributed by atoms with E-state index in [1.165, 1.54) is 15.6 Å². The molecule has 0 atom stereocenters. The fourth-order valence-electron chi connectivity index (χ4n) is 3.04. The zero-order chi connectivity index (χ0) is 16.9. The van der Waals surface area contributed by atoms with Crippen LogP contribution in [0.2, 0.25) is 0 Å². The maximum atomic E-state index is 5.30. The summed E-state index contributed by atoms with van der Waals surface area (Å²) in [4.78, 5) is 5.05. The molecule has 0 amide bonds. The second kappa shape index (κ2) is 8.48. The molecule has 1 fully saturated rings. The zero-order valence-corrected chi connectivity index (χ0v) is 17.0. The summed E-state index contributed by atoms with van der Waals surface area (Å²) in [6.07, 6.45) is 0. The van der Waals surface area contributed by atoms with Crippen molar-refractivity contribution >= 4 is 31.9 Å². The van der Waals surface area contributed by atoms with Crippen LogP contribution in [0.1, 0.15) is 11.1 Å². The van der Waals surface area contributed by atoms with E-state index in [1.807, 2.05) is 6.07 Å². The van der Waals surface area contributed by atoms with Crippen LogP contribution in [-0.2, 0) is 13.1 Å². The van der Waals surface area contributed by atoms with E-state index in [9.17, 15) is 0 Å². The Labute approximate surface area is 160 Å². The summed E-state index contributed by atoms with van der Waals surface area (Å²) in [6, 6.07) is 14.8. The first-order valence-electron chi connectivity index (χ1n) is 8.16. The van der Waals surface area contributed by atoms with Crippen molar-refractivity contribution < 1.29 is 4.74 Å². The molecule has 1 aliphatic rings. The molecule has 0 spiro atoms. The van der Waals surface area contributed by atoms with Gasteiger partial charge < -0.3 is 4.74 Å². The summed E-state index contributed by atoms with van der Waals surface area (Å²) < 4.78 is 7.53. The van der Waals surface area contributed by atoms with E-state index >= 15 is 0 Å². The highest BCUT2D eigenvalue weighted by Crippen LogP contribution is 2.26. The molecule has 3 rings (SSSR count). The largest absolute Gasteiger partial charge is 0.496 e. The average molecular weight is 454 g/mol. The van der Waals surface area contributed by atoms with Crippen LogP contribution in [0.25, 0.3) is 0 Å². The van der Waals surface area contributed by atoms with Gasteiger partial charge in [-0.3, -0.25) is 9.80 Å². The molecule has 0 radical (unpaired) electrons. The molecule has 0 bridgehead atoms. The van der Waals surface area contributed by atoms with E-state index in [2.05, 4.69) is 78.1 Å². The van der Waals surface area contributed by atoms with Gasteiger partial charge in [-0.2, -0.15) is 0 Å². The van der Waals surface area contributed by atoms with Crippen molar-refractivity contribution in [3.63, 3.8) is 0 Å². The molecular weight excluding hydrogens is 432 g/mol. The van der Waals surface area contributed by atoms with Crippen LogP contribution >= 0.6 is 31.9 Å². The van der Waals surface area contributed by atoms with Crippen LogP contribution in [0.5, 0.6) is 5.75 Å². The smallest absolute Gasteiger partial charge is 0.133 e. The van der Waals surface area contributed by atoms with Crippen LogP contribution in [-0.4, -0.2) is 43.1 Å². The number of ether oxygens (including phenoxy) is 1. The first kappa shape index (κ1) is 17.9. The molecule has 1 aliphatic heterocycles. The molecular formula is C19H22Br2N2O. The highest BCUT2D eigenvalue weighted by molar-refractivity contribution is 9.10. The average Bonchev–Trinajstić information content (AvgIpc) is 2.59. The summed E-state index contributed by atoms with van der Waals surface area (Å²) >= 11 is 7.22. The standard InChI is InChI=1S/C19H22Br2N2O/c1-24-19-7-6-15(12-18(19)21)13-22-8-10-23(11-9-22)14-16-4-2-3-5-17(16)20/h2-7,12H,8-11,13-14H2,1H3. The molecule has 1 heterocycles. The van der Waals surface area contributed by atoms with E-state index in [0.717, 1.165) is 49.5 Å². The first-order valence-corrected chi connectivity index (χ1v) is 9.75. The lowest BCUT2D eigenvalue weighted by atomic mass is 10.1. The number of benzene rings is 2. The minimum absolute atomic E-state index is 0.886. The Morgan fingerprint density at radius 2 is 1.54 bits per heavy atom. The van der Waals surface area contributed by atoms with Crippen LogP contribution < -0.4 is 4.74 Å². The number of hydrogen-bond donors (Lipinski definition) is 0. The Morgan fingerprint density at radius 3 is 2.17 bits per heavy atom. The van der Waals surface area contributed by atoms with Gasteiger partial charge in [0.2, 0.25) is 0 Å². The van der Waals surface area contributed by atoms with Gasteiger partial charge in [0.15, 0.2) is 0 Å². The monoisotopic (exact) mass is 452 g/mol. The van der Waals surface area contributed by atoms with Gasteiger partial charge in [0.1, 0.15) is 5.75 Å². The van der Waals surface area contributed by atoms with Gasteiger partial charge in [-0.25, -0.2) is 0 Å². The van der Waals surface area contributed by atoms with Gasteiger partial charge in [-0.1, -0.05) is 40.2 Å². The number of methoxy groups -OCH3 is 1. The molecule has 0 aromatic heterocycles. The van der Waals surface area contributed by atoms with Crippen molar-refractivity contribution in [2.45, 2.75) is 13.1 Å². The third-order valence-electron chi connectivity index (χ3n) is 4.44. The molecule has 5 heteroatoms. The molecule has 24 heavy (non-hydrogen) atoms. The predicted octanol–water partition coefficient (Wildman–Crippen LogP) is 4.54. The topological polar surface area (TPSA) is 15.7 Å². The molecule has 0 N–H and O–H groups in total. The number of rotatable bonds is 5. The first-order chi connectivity index (χ1) is 11.7. The molecule has 0 saturated carbocycles. The lowest BCUT2D eigenvalue weighted by Crippen LogP contribution is -2.45. The van der Waals surface area contributed by atoms with Crippen molar-refractivity contribution in [1.82, 2.24) is 9.80 Å². The van der Waals surface area contributed by atoms with Crippen molar-refractivity contribution in [1.29, 1.82) is 0 Å². The van der Waals surface area contributed by atoms with Gasteiger partial charge in [-0.05, 0) is 45.3 Å². The summed E-state index contributed by atoms with van der Waals surface area (Å²) in [5.41, 5.74) is 2.69. The SMILES string of the molecule is COc1ccc(CN2CCN(Cc3ccccc3Br)CC2)cc1Br. The van der Waals surface area contributed by atoms with E-state index < -0.39 is 0 Å². The van der Waals surface area contributed by atoms with E-state index in [1.54, 1.807) is 7.11 Å². The fourth-order valence-corrected chi connectivity index (χ4v) is 4.04. The van der Waals surface area contributed by atoms with Crippen LogP contribution in [0.3, 0.4) is 0 Å². The molecule has 0 aliphatic carbocycles. The third-order valence-corrected chi connectivity index (χ3v) is 5.83. The molecule has 128 valence electrons. The van der Waals surface area contributed by atoms with E-state index in [-0.39, 0.29) is 0 Å². The number of halogens is 2. The summed E-state index contributed by atoms with van der Waals surface area (Å²) in [5, 5.41) is 0. The van der Waals surface area contributed by atoms with Crippen LogP contribution in [0, 0.1) is 0 Å². The molecule has 2 aromatic carbocycles. The van der Waals surface area contributed by atoms with Gasteiger partial charge in [0.25, 0.3) is 0 Å². The predicted molar refractivity (Wildman–Crippen MR) is 105 cm³/mol. The van der Waals surface area contributed by atoms with Crippen molar-refractivity contribution in [2.75, 3.05) is 33.3 Å². The van der Waals surface area contributed by atoms with Gasteiger partial charge in [-0.15, -0.1) is 0 Å². The normalized spacial score (nSPS) is 16.3. The maximum Gasteiger partial charge on any atom is 0.133 e. The zero-order valence-electron chi connectivity index (χ0n) is 13.8. The molecule has 0 unspecified atom stereocenters. The van der Waals surface area contributed by atoms with E-state index in [4.69, 9.17) is 4.74 Å². The summed E-state index contributed by atoms with van der Waals surface area (Å²) in [6.45, 7) is 6.44. The van der Waals surface area contributed by atoms with Crippen LogP contribution in [0.4, 0.5) is 0 Å². The summed E-state index contributed by atoms with van der Waals surface area (Å²) in [7, 11) is 1.70. The quantitative estimate of drug-likeness (QED) is 0.660. The Balaban J connectivity index is 1.52. The van der Waals surface area contributed by atoms with Gasteiger partial charge in [0.05, 0.1) is 11.6 Å². The van der Waals surface area contributed by atoms with E-state index in [0.29, 0.717) is 0 Å². The molecule has 1 saturated heterocycles. The minimum Gasteiger partial charge on any atom is -0.496 e. The third kappa shape index (κ3) is 4.60. The summed E-state index contributed by atoms with van der Waals surface area (Å²) in [5.74, 6) is 0.886. The Bertz CT molecular complexity index is 685. The number of piperazine rings is 1. The van der Waals surface area contributed by atoms with Crippen molar-refractivity contribution in [3.05, 3.63) is 62.5 Å².